The van der Waals surface area contributed by atoms with E-state index >= 15 is 0 Å². The lowest BCUT2D eigenvalue weighted by Gasteiger charge is -2.12. The monoisotopic (exact) mass is 357 g/mol. The second kappa shape index (κ2) is 8.02. The van der Waals surface area contributed by atoms with Crippen molar-refractivity contribution >= 4 is 28.6 Å². The number of hydrogen-bond donors (Lipinski definition) is 1. The molecule has 0 atom stereocenters. The lowest BCUT2D eigenvalue weighted by Crippen LogP contribution is -2.27. The summed E-state index contributed by atoms with van der Waals surface area (Å²) in [6, 6.07) is 10.8. The molecule has 1 aromatic carbocycles. The quantitative estimate of drug-likeness (QED) is 0.520. The number of rotatable bonds is 7. The third-order valence-electron chi connectivity index (χ3n) is 3.63. The molecule has 0 aliphatic rings. The fourth-order valence-corrected chi connectivity index (χ4v) is 3.23. The zero-order valence-corrected chi connectivity index (χ0v) is 14.7. The van der Waals surface area contributed by atoms with Gasteiger partial charge in [0, 0.05) is 6.54 Å². The van der Waals surface area contributed by atoms with Crippen molar-refractivity contribution in [2.24, 2.45) is 0 Å². The van der Waals surface area contributed by atoms with Crippen molar-refractivity contribution in [2.45, 2.75) is 25.0 Å². The van der Waals surface area contributed by atoms with Gasteiger partial charge in [-0.3, -0.25) is 14.2 Å². The molecular formula is C18H19N3O3S. The molecule has 0 aliphatic heterocycles. The van der Waals surface area contributed by atoms with Crippen LogP contribution in [0.1, 0.15) is 19.1 Å². The Balaban J connectivity index is 1.93. The minimum Gasteiger partial charge on any atom is -0.467 e. The van der Waals surface area contributed by atoms with Gasteiger partial charge in [-0.05, 0) is 30.7 Å². The molecular weight excluding hydrogens is 338 g/mol. The fraction of sp³-hybridized carbons (Fsp3) is 0.278. The summed E-state index contributed by atoms with van der Waals surface area (Å²) < 4.78 is 6.92. The van der Waals surface area contributed by atoms with Crippen LogP contribution in [0.2, 0.25) is 0 Å². The van der Waals surface area contributed by atoms with Crippen LogP contribution in [0.25, 0.3) is 10.9 Å². The minimum atomic E-state index is -0.140. The van der Waals surface area contributed by atoms with Gasteiger partial charge in [-0.15, -0.1) is 0 Å². The predicted molar refractivity (Wildman–Crippen MR) is 97.8 cm³/mol. The fourth-order valence-electron chi connectivity index (χ4n) is 2.40. The van der Waals surface area contributed by atoms with E-state index in [-0.39, 0.29) is 23.8 Å². The topological polar surface area (TPSA) is 77.1 Å². The van der Waals surface area contributed by atoms with E-state index in [1.54, 1.807) is 29.0 Å². The van der Waals surface area contributed by atoms with Crippen molar-refractivity contribution in [2.75, 3.05) is 12.3 Å². The van der Waals surface area contributed by atoms with Crippen LogP contribution in [0, 0.1) is 0 Å². The molecule has 2 aromatic heterocycles. The average molecular weight is 357 g/mol. The molecule has 0 saturated heterocycles. The number of para-hydroxylation sites is 1. The molecule has 3 rings (SSSR count). The predicted octanol–water partition coefficient (Wildman–Crippen LogP) is 2.66. The van der Waals surface area contributed by atoms with E-state index in [9.17, 15) is 9.59 Å². The van der Waals surface area contributed by atoms with Crippen LogP contribution in [0.3, 0.4) is 0 Å². The van der Waals surface area contributed by atoms with Crippen LogP contribution >= 0.6 is 11.8 Å². The SMILES string of the molecule is CCCNC(=O)CSc1nc2ccccc2c(=O)n1Cc1ccco1. The molecule has 0 unspecified atom stereocenters. The summed E-state index contributed by atoms with van der Waals surface area (Å²) in [5.74, 6) is 0.804. The second-order valence-electron chi connectivity index (χ2n) is 5.52. The maximum absolute atomic E-state index is 12.9. The van der Waals surface area contributed by atoms with Crippen LogP contribution in [-0.4, -0.2) is 27.8 Å². The lowest BCUT2D eigenvalue weighted by molar-refractivity contribution is -0.118. The number of fused-ring (bicyclic) bond motifs is 1. The van der Waals surface area contributed by atoms with E-state index in [1.807, 2.05) is 25.1 Å². The van der Waals surface area contributed by atoms with E-state index in [4.69, 9.17) is 4.42 Å². The average Bonchev–Trinajstić information content (AvgIpc) is 3.14. The van der Waals surface area contributed by atoms with Gasteiger partial charge >= 0.3 is 0 Å². The highest BCUT2D eigenvalue weighted by Crippen LogP contribution is 2.19. The molecule has 7 heteroatoms. The first-order chi connectivity index (χ1) is 12.2. The number of carbonyl (C=O) groups is 1. The van der Waals surface area contributed by atoms with E-state index in [2.05, 4.69) is 10.3 Å². The zero-order chi connectivity index (χ0) is 17.6. The number of aromatic nitrogens is 2. The standard InChI is InChI=1S/C18H19N3O3S/c1-2-9-19-16(22)12-25-18-20-15-8-4-3-7-14(15)17(23)21(18)11-13-6-5-10-24-13/h3-8,10H,2,9,11-12H2,1H3,(H,19,22). The van der Waals surface area contributed by atoms with E-state index in [1.165, 1.54) is 11.8 Å². The summed E-state index contributed by atoms with van der Waals surface area (Å²) in [7, 11) is 0. The molecule has 6 nitrogen and oxygen atoms in total. The van der Waals surface area contributed by atoms with Gasteiger partial charge in [0.1, 0.15) is 5.76 Å². The lowest BCUT2D eigenvalue weighted by atomic mass is 10.2. The zero-order valence-electron chi connectivity index (χ0n) is 13.9. The Morgan fingerprint density at radius 1 is 1.28 bits per heavy atom. The van der Waals surface area contributed by atoms with Crippen molar-refractivity contribution in [3.8, 4) is 0 Å². The summed E-state index contributed by atoms with van der Waals surface area (Å²) >= 11 is 1.25. The van der Waals surface area contributed by atoms with Crippen molar-refractivity contribution in [1.29, 1.82) is 0 Å². The second-order valence-corrected chi connectivity index (χ2v) is 6.46. The molecule has 0 radical (unpaired) electrons. The summed E-state index contributed by atoms with van der Waals surface area (Å²) in [5, 5.41) is 3.88. The molecule has 0 fully saturated rings. The maximum Gasteiger partial charge on any atom is 0.262 e. The number of benzene rings is 1. The Hall–Kier alpha value is -2.54. The number of amides is 1. The highest BCUT2D eigenvalue weighted by atomic mass is 32.2. The van der Waals surface area contributed by atoms with Gasteiger partial charge in [-0.2, -0.15) is 0 Å². The van der Waals surface area contributed by atoms with Gasteiger partial charge < -0.3 is 9.73 Å². The van der Waals surface area contributed by atoms with Crippen LogP contribution in [0.4, 0.5) is 0 Å². The number of furan rings is 1. The molecule has 1 N–H and O–H groups in total. The number of nitrogens with one attached hydrogen (secondary N) is 1. The number of carbonyl (C=O) groups excluding carboxylic acids is 1. The first-order valence-electron chi connectivity index (χ1n) is 8.10. The summed E-state index contributed by atoms with van der Waals surface area (Å²) in [5.41, 5.74) is 0.484. The molecule has 1 amide bonds. The summed E-state index contributed by atoms with van der Waals surface area (Å²) in [6.07, 6.45) is 2.45. The summed E-state index contributed by atoms with van der Waals surface area (Å²) in [6.45, 7) is 2.92. The van der Waals surface area contributed by atoms with Crippen LogP contribution in [0.15, 0.2) is 57.0 Å². The number of hydrogen-bond acceptors (Lipinski definition) is 5. The Morgan fingerprint density at radius 3 is 2.88 bits per heavy atom. The Labute approximate surface area is 149 Å². The molecule has 0 aliphatic carbocycles. The minimum absolute atomic E-state index is 0.0705. The van der Waals surface area contributed by atoms with Gasteiger partial charge in [0.05, 0.1) is 29.5 Å². The van der Waals surface area contributed by atoms with Gasteiger partial charge in [-0.1, -0.05) is 30.8 Å². The first kappa shape index (κ1) is 17.3. The molecule has 3 aromatic rings. The highest BCUT2D eigenvalue weighted by molar-refractivity contribution is 7.99. The molecule has 0 bridgehead atoms. The highest BCUT2D eigenvalue weighted by Gasteiger charge is 2.14. The molecule has 0 spiro atoms. The number of thioether (sulfide) groups is 1. The van der Waals surface area contributed by atoms with Gasteiger partial charge in [0.2, 0.25) is 5.91 Å². The molecule has 2 heterocycles. The third kappa shape index (κ3) is 4.11. The smallest absolute Gasteiger partial charge is 0.262 e. The van der Waals surface area contributed by atoms with Crippen LogP contribution in [0.5, 0.6) is 0 Å². The van der Waals surface area contributed by atoms with Gasteiger partial charge in [0.25, 0.3) is 5.56 Å². The Bertz CT molecular complexity index is 919. The largest absolute Gasteiger partial charge is 0.467 e. The van der Waals surface area contributed by atoms with Crippen molar-refractivity contribution in [3.63, 3.8) is 0 Å². The van der Waals surface area contributed by atoms with E-state index in [0.717, 1.165) is 6.42 Å². The molecule has 130 valence electrons. The van der Waals surface area contributed by atoms with E-state index < -0.39 is 0 Å². The van der Waals surface area contributed by atoms with Crippen LogP contribution in [-0.2, 0) is 11.3 Å². The van der Waals surface area contributed by atoms with Gasteiger partial charge in [0.15, 0.2) is 5.16 Å². The first-order valence-corrected chi connectivity index (χ1v) is 9.09. The Kier molecular flexibility index (Phi) is 5.55. The maximum atomic E-state index is 12.9. The number of nitrogens with zero attached hydrogens (tertiary/aromatic N) is 2. The molecule has 25 heavy (non-hydrogen) atoms. The van der Waals surface area contributed by atoms with E-state index in [0.29, 0.717) is 28.4 Å². The normalized spacial score (nSPS) is 10.9. The summed E-state index contributed by atoms with van der Waals surface area (Å²) in [4.78, 5) is 29.3. The Morgan fingerprint density at radius 2 is 2.12 bits per heavy atom. The van der Waals surface area contributed by atoms with Crippen molar-refractivity contribution in [3.05, 3.63) is 58.8 Å². The van der Waals surface area contributed by atoms with Crippen molar-refractivity contribution < 1.29 is 9.21 Å². The van der Waals surface area contributed by atoms with Crippen LogP contribution < -0.4 is 10.9 Å². The molecule has 0 saturated carbocycles. The van der Waals surface area contributed by atoms with Crippen molar-refractivity contribution in [1.82, 2.24) is 14.9 Å². The van der Waals surface area contributed by atoms with Gasteiger partial charge in [-0.25, -0.2) is 4.98 Å². The third-order valence-corrected chi connectivity index (χ3v) is 4.60.